The lowest BCUT2D eigenvalue weighted by Gasteiger charge is -2.09. The van der Waals surface area contributed by atoms with Crippen LogP contribution in [0.2, 0.25) is 0 Å². The third-order valence-electron chi connectivity index (χ3n) is 4.56. The zero-order chi connectivity index (χ0) is 21.1. The fraction of sp³-hybridized carbons (Fsp3) is 0.143. The highest BCUT2D eigenvalue weighted by molar-refractivity contribution is 7.99. The van der Waals surface area contributed by atoms with Crippen LogP contribution in [-0.4, -0.2) is 30.8 Å². The summed E-state index contributed by atoms with van der Waals surface area (Å²) in [5.41, 5.74) is 0.907. The molecule has 4 rings (SSSR count). The number of rotatable bonds is 7. The second kappa shape index (κ2) is 8.50. The largest absolute Gasteiger partial charge is 0.351 e. The number of fused-ring (bicyclic) bond motifs is 3. The molecule has 0 saturated carbocycles. The van der Waals surface area contributed by atoms with E-state index in [1.54, 1.807) is 40.8 Å². The number of hydrogen-bond acceptors (Lipinski definition) is 5. The van der Waals surface area contributed by atoms with Crippen molar-refractivity contribution in [1.82, 2.24) is 24.5 Å². The van der Waals surface area contributed by atoms with Crippen molar-refractivity contribution in [3.05, 3.63) is 82.9 Å². The smallest absolute Gasteiger partial charge is 0.263 e. The van der Waals surface area contributed by atoms with Gasteiger partial charge >= 0.3 is 0 Å². The van der Waals surface area contributed by atoms with E-state index in [-0.39, 0.29) is 29.6 Å². The van der Waals surface area contributed by atoms with Crippen molar-refractivity contribution >= 4 is 34.3 Å². The van der Waals surface area contributed by atoms with Crippen molar-refractivity contribution in [2.75, 3.05) is 5.75 Å². The molecule has 2 aromatic carbocycles. The number of carbonyl (C=O) groups excluding carboxylic acids is 1. The molecule has 2 aromatic heterocycles. The normalized spacial score (nSPS) is 11.1. The number of amides is 1. The second-order valence-electron chi connectivity index (χ2n) is 6.50. The molecule has 0 saturated heterocycles. The van der Waals surface area contributed by atoms with Crippen LogP contribution in [0.3, 0.4) is 0 Å². The number of nitrogens with one attached hydrogen (secondary N) is 1. The van der Waals surface area contributed by atoms with Gasteiger partial charge in [0.2, 0.25) is 11.7 Å². The van der Waals surface area contributed by atoms with Crippen molar-refractivity contribution < 1.29 is 9.18 Å². The van der Waals surface area contributed by atoms with Crippen LogP contribution in [0.15, 0.2) is 71.1 Å². The van der Waals surface area contributed by atoms with E-state index in [0.29, 0.717) is 33.9 Å². The summed E-state index contributed by atoms with van der Waals surface area (Å²) in [5, 5.41) is 12.0. The Labute approximate surface area is 175 Å². The lowest BCUT2D eigenvalue weighted by molar-refractivity contribution is -0.118. The SMILES string of the molecule is C=CCn1c(=O)c2ccccc2n2c(SCC(=O)NCc3ccccc3F)nnc12. The molecule has 152 valence electrons. The van der Waals surface area contributed by atoms with Crippen LogP contribution in [0.5, 0.6) is 0 Å². The van der Waals surface area contributed by atoms with Gasteiger partial charge in [0.1, 0.15) is 5.82 Å². The minimum Gasteiger partial charge on any atom is -0.351 e. The van der Waals surface area contributed by atoms with E-state index in [0.717, 1.165) is 0 Å². The monoisotopic (exact) mass is 423 g/mol. The molecule has 0 atom stereocenters. The van der Waals surface area contributed by atoms with Gasteiger partial charge in [0.25, 0.3) is 5.56 Å². The number of para-hydroxylation sites is 1. The molecular weight excluding hydrogens is 405 g/mol. The summed E-state index contributed by atoms with van der Waals surface area (Å²) in [4.78, 5) is 25.1. The molecule has 0 unspecified atom stereocenters. The lowest BCUT2D eigenvalue weighted by atomic mass is 10.2. The number of benzene rings is 2. The van der Waals surface area contributed by atoms with Gasteiger partial charge in [-0.25, -0.2) is 4.39 Å². The first-order valence-corrected chi connectivity index (χ1v) is 10.2. The number of thioether (sulfide) groups is 1. The van der Waals surface area contributed by atoms with Crippen molar-refractivity contribution in [1.29, 1.82) is 0 Å². The van der Waals surface area contributed by atoms with Crippen molar-refractivity contribution in [2.24, 2.45) is 0 Å². The molecular formula is C21H18FN5O2S. The first kappa shape index (κ1) is 19.8. The van der Waals surface area contributed by atoms with E-state index < -0.39 is 0 Å². The Kier molecular flexibility index (Phi) is 5.62. The van der Waals surface area contributed by atoms with Gasteiger partial charge in [0, 0.05) is 18.7 Å². The third kappa shape index (κ3) is 3.71. The van der Waals surface area contributed by atoms with E-state index in [1.165, 1.54) is 22.4 Å². The number of allylic oxidation sites excluding steroid dienone is 1. The third-order valence-corrected chi connectivity index (χ3v) is 5.49. The predicted octanol–water partition coefficient (Wildman–Crippen LogP) is 2.78. The number of nitrogens with zero attached hydrogens (tertiary/aromatic N) is 4. The molecule has 0 aliphatic carbocycles. The first-order valence-electron chi connectivity index (χ1n) is 9.20. The van der Waals surface area contributed by atoms with E-state index in [4.69, 9.17) is 0 Å². The van der Waals surface area contributed by atoms with Gasteiger partial charge in [-0.2, -0.15) is 0 Å². The Morgan fingerprint density at radius 2 is 1.93 bits per heavy atom. The molecule has 7 nitrogen and oxygen atoms in total. The standard InChI is InChI=1S/C21H18FN5O2S/c1-2-11-26-19(29)15-8-4-6-10-17(15)27-20(26)24-25-21(27)30-13-18(28)23-12-14-7-3-5-9-16(14)22/h2-10H,1,11-13H2,(H,23,28). The fourth-order valence-electron chi connectivity index (χ4n) is 3.14. The highest BCUT2D eigenvalue weighted by Gasteiger charge is 2.17. The minimum absolute atomic E-state index is 0.0736. The summed E-state index contributed by atoms with van der Waals surface area (Å²) in [5.74, 6) is -0.165. The van der Waals surface area contributed by atoms with Crippen molar-refractivity contribution in [2.45, 2.75) is 18.2 Å². The summed E-state index contributed by atoms with van der Waals surface area (Å²) < 4.78 is 16.9. The molecule has 1 N–H and O–H groups in total. The molecule has 0 spiro atoms. The van der Waals surface area contributed by atoms with Crippen LogP contribution in [0.1, 0.15) is 5.56 Å². The summed E-state index contributed by atoms with van der Waals surface area (Å²) in [6.45, 7) is 4.10. The highest BCUT2D eigenvalue weighted by Crippen LogP contribution is 2.21. The molecule has 0 aliphatic rings. The average Bonchev–Trinajstić information content (AvgIpc) is 3.18. The maximum Gasteiger partial charge on any atom is 0.263 e. The molecule has 0 bridgehead atoms. The zero-order valence-corrected chi connectivity index (χ0v) is 16.7. The first-order chi connectivity index (χ1) is 14.6. The molecule has 2 heterocycles. The van der Waals surface area contributed by atoms with Crippen LogP contribution >= 0.6 is 11.8 Å². The molecule has 30 heavy (non-hydrogen) atoms. The number of aromatic nitrogens is 4. The fourth-order valence-corrected chi connectivity index (χ4v) is 3.91. The Morgan fingerprint density at radius 1 is 1.17 bits per heavy atom. The Hall–Kier alpha value is -3.46. The number of halogens is 1. The maximum atomic E-state index is 13.7. The van der Waals surface area contributed by atoms with E-state index in [9.17, 15) is 14.0 Å². The molecule has 1 amide bonds. The van der Waals surface area contributed by atoms with Crippen LogP contribution in [0, 0.1) is 5.82 Å². The van der Waals surface area contributed by atoms with Crippen LogP contribution < -0.4 is 10.9 Å². The minimum atomic E-state index is -0.361. The Balaban J connectivity index is 1.59. The summed E-state index contributed by atoms with van der Waals surface area (Å²) >= 11 is 1.19. The van der Waals surface area contributed by atoms with E-state index in [2.05, 4.69) is 22.1 Å². The Morgan fingerprint density at radius 3 is 2.73 bits per heavy atom. The van der Waals surface area contributed by atoms with Crippen molar-refractivity contribution in [3.8, 4) is 0 Å². The van der Waals surface area contributed by atoms with Crippen LogP contribution in [-0.2, 0) is 17.9 Å². The Bertz CT molecular complexity index is 1310. The van der Waals surface area contributed by atoms with Gasteiger partial charge in [-0.3, -0.25) is 18.6 Å². The second-order valence-corrected chi connectivity index (χ2v) is 7.44. The van der Waals surface area contributed by atoms with Crippen LogP contribution in [0.25, 0.3) is 16.7 Å². The van der Waals surface area contributed by atoms with Gasteiger partial charge in [0.05, 0.1) is 16.7 Å². The topological polar surface area (TPSA) is 81.3 Å². The number of carbonyl (C=O) groups is 1. The summed E-state index contributed by atoms with van der Waals surface area (Å²) in [7, 11) is 0. The highest BCUT2D eigenvalue weighted by atomic mass is 32.2. The van der Waals surface area contributed by atoms with E-state index >= 15 is 0 Å². The van der Waals surface area contributed by atoms with Gasteiger partial charge in [-0.1, -0.05) is 48.2 Å². The molecule has 0 radical (unpaired) electrons. The number of hydrogen-bond donors (Lipinski definition) is 1. The summed E-state index contributed by atoms with van der Waals surface area (Å²) in [6, 6.07) is 13.5. The molecule has 9 heteroatoms. The maximum absolute atomic E-state index is 13.7. The predicted molar refractivity (Wildman–Crippen MR) is 114 cm³/mol. The van der Waals surface area contributed by atoms with Crippen molar-refractivity contribution in [3.63, 3.8) is 0 Å². The molecule has 0 aliphatic heterocycles. The molecule has 0 fully saturated rings. The van der Waals surface area contributed by atoms with E-state index in [1.807, 2.05) is 12.1 Å². The lowest BCUT2D eigenvalue weighted by Crippen LogP contribution is -2.25. The molecule has 4 aromatic rings. The zero-order valence-electron chi connectivity index (χ0n) is 15.9. The summed E-state index contributed by atoms with van der Waals surface area (Å²) in [6.07, 6.45) is 1.62. The van der Waals surface area contributed by atoms with Gasteiger partial charge in [0.15, 0.2) is 5.16 Å². The van der Waals surface area contributed by atoms with Gasteiger partial charge in [-0.15, -0.1) is 16.8 Å². The van der Waals surface area contributed by atoms with Crippen LogP contribution in [0.4, 0.5) is 4.39 Å². The quantitative estimate of drug-likeness (QED) is 0.365. The van der Waals surface area contributed by atoms with Gasteiger partial charge < -0.3 is 5.32 Å². The van der Waals surface area contributed by atoms with Gasteiger partial charge in [-0.05, 0) is 18.2 Å². The average molecular weight is 423 g/mol.